The highest BCUT2D eigenvalue weighted by atomic mass is 32.1. The average molecular weight is 382 g/mol. The molecule has 0 radical (unpaired) electrons. The highest BCUT2D eigenvalue weighted by molar-refractivity contribution is 7.15. The number of hydrogen-bond donors (Lipinski definition) is 1. The topological polar surface area (TPSA) is 55.7 Å². The zero-order valence-corrected chi connectivity index (χ0v) is 16.5. The van der Waals surface area contributed by atoms with E-state index in [9.17, 15) is 0 Å². The summed E-state index contributed by atoms with van der Waals surface area (Å²) < 4.78 is 11.2. The number of anilines is 1. The van der Waals surface area contributed by atoms with Crippen LogP contribution in [0, 0.1) is 6.92 Å². The van der Waals surface area contributed by atoms with Gasteiger partial charge in [-0.25, -0.2) is 4.98 Å². The first-order valence-electron chi connectivity index (χ1n) is 8.92. The molecule has 0 aliphatic rings. The van der Waals surface area contributed by atoms with Crippen LogP contribution in [0.2, 0.25) is 0 Å². The second-order valence-corrected chi connectivity index (χ2v) is 6.94. The molecule has 1 N–H and O–H groups in total. The summed E-state index contributed by atoms with van der Waals surface area (Å²) in [4.78, 5) is 5.80. The number of ether oxygens (including phenoxy) is 2. The Bertz CT molecular complexity index is 907. The van der Waals surface area contributed by atoms with E-state index < -0.39 is 0 Å². The molecular formula is C21H23N3O2S. The van der Waals surface area contributed by atoms with Crippen LogP contribution in [0.3, 0.4) is 0 Å². The van der Waals surface area contributed by atoms with Gasteiger partial charge in [0.05, 0.1) is 25.1 Å². The summed E-state index contributed by atoms with van der Waals surface area (Å²) >= 11 is 1.58. The highest BCUT2D eigenvalue weighted by Crippen LogP contribution is 2.30. The number of rotatable bonds is 8. The molecule has 0 aliphatic heterocycles. The Labute approximate surface area is 163 Å². The molecule has 0 unspecified atom stereocenters. The van der Waals surface area contributed by atoms with E-state index in [0.29, 0.717) is 13.2 Å². The number of benzene rings is 2. The summed E-state index contributed by atoms with van der Waals surface area (Å²) in [6, 6.07) is 15.9. The first kappa shape index (κ1) is 18.9. The second-order valence-electron chi connectivity index (χ2n) is 5.73. The molecule has 3 rings (SSSR count). The predicted octanol–water partition coefficient (Wildman–Crippen LogP) is 5.36. The molecule has 1 heterocycles. The Morgan fingerprint density at radius 2 is 1.78 bits per heavy atom. The Morgan fingerprint density at radius 1 is 1.04 bits per heavy atom. The summed E-state index contributed by atoms with van der Waals surface area (Å²) in [6.07, 6.45) is 1.75. The van der Waals surface area contributed by atoms with Gasteiger partial charge in [-0.05, 0) is 44.5 Å². The second kappa shape index (κ2) is 9.19. The van der Waals surface area contributed by atoms with Crippen LogP contribution in [-0.4, -0.2) is 24.4 Å². The van der Waals surface area contributed by atoms with Crippen LogP contribution in [-0.2, 0) is 0 Å². The third kappa shape index (κ3) is 4.86. The molecule has 0 bridgehead atoms. The highest BCUT2D eigenvalue weighted by Gasteiger charge is 2.09. The number of hydrazone groups is 1. The van der Waals surface area contributed by atoms with Crippen molar-refractivity contribution in [1.82, 2.24) is 4.98 Å². The van der Waals surface area contributed by atoms with Crippen LogP contribution in [0.25, 0.3) is 11.3 Å². The Balaban J connectivity index is 1.71. The first-order valence-corrected chi connectivity index (χ1v) is 9.74. The van der Waals surface area contributed by atoms with Gasteiger partial charge in [-0.3, -0.25) is 5.43 Å². The molecule has 0 fully saturated rings. The number of nitrogens with zero attached hydrogens (tertiary/aromatic N) is 2. The number of aryl methyl sites for hydroxylation is 1. The van der Waals surface area contributed by atoms with Crippen LogP contribution in [0.1, 0.15) is 24.3 Å². The Morgan fingerprint density at radius 3 is 2.52 bits per heavy atom. The van der Waals surface area contributed by atoms with Crippen LogP contribution in [0.15, 0.2) is 53.6 Å². The van der Waals surface area contributed by atoms with E-state index in [1.165, 1.54) is 0 Å². The smallest absolute Gasteiger partial charge is 0.204 e. The van der Waals surface area contributed by atoms with E-state index >= 15 is 0 Å². The molecule has 0 amide bonds. The summed E-state index contributed by atoms with van der Waals surface area (Å²) in [5.74, 6) is 1.47. The molecule has 1 aromatic heterocycles. The quantitative estimate of drug-likeness (QED) is 0.421. The third-order valence-electron chi connectivity index (χ3n) is 3.79. The van der Waals surface area contributed by atoms with Crippen molar-refractivity contribution in [2.24, 2.45) is 5.10 Å². The fraction of sp³-hybridized carbons (Fsp3) is 0.238. The van der Waals surface area contributed by atoms with Crippen molar-refractivity contribution >= 4 is 22.7 Å². The van der Waals surface area contributed by atoms with Gasteiger partial charge in [0, 0.05) is 10.4 Å². The van der Waals surface area contributed by atoms with E-state index in [2.05, 4.69) is 34.6 Å². The molecule has 0 aliphatic carbocycles. The zero-order valence-electron chi connectivity index (χ0n) is 15.7. The Hall–Kier alpha value is -2.86. The average Bonchev–Trinajstić information content (AvgIpc) is 3.05. The molecule has 27 heavy (non-hydrogen) atoms. The minimum atomic E-state index is 0.583. The van der Waals surface area contributed by atoms with E-state index in [1.54, 1.807) is 17.6 Å². The van der Waals surface area contributed by atoms with Gasteiger partial charge in [0.2, 0.25) is 5.13 Å². The van der Waals surface area contributed by atoms with Gasteiger partial charge in [-0.1, -0.05) is 30.3 Å². The summed E-state index contributed by atoms with van der Waals surface area (Å²) in [5.41, 5.74) is 6.03. The Kier molecular flexibility index (Phi) is 6.44. The van der Waals surface area contributed by atoms with Gasteiger partial charge in [-0.15, -0.1) is 11.3 Å². The predicted molar refractivity (Wildman–Crippen MR) is 112 cm³/mol. The molecule has 6 heteroatoms. The largest absolute Gasteiger partial charge is 0.490 e. The number of aromatic nitrogens is 1. The minimum Gasteiger partial charge on any atom is -0.490 e. The van der Waals surface area contributed by atoms with Crippen LogP contribution < -0.4 is 14.9 Å². The van der Waals surface area contributed by atoms with E-state index in [1.807, 2.05) is 50.2 Å². The number of thiazole rings is 1. The molecule has 0 spiro atoms. The molecule has 0 saturated carbocycles. The maximum atomic E-state index is 5.65. The minimum absolute atomic E-state index is 0.583. The lowest BCUT2D eigenvalue weighted by Crippen LogP contribution is -1.99. The summed E-state index contributed by atoms with van der Waals surface area (Å²) in [7, 11) is 0. The molecule has 2 aromatic carbocycles. The molecular weight excluding hydrogens is 358 g/mol. The van der Waals surface area contributed by atoms with E-state index in [-0.39, 0.29) is 0 Å². The lowest BCUT2D eigenvalue weighted by atomic mass is 10.1. The van der Waals surface area contributed by atoms with Gasteiger partial charge in [0.15, 0.2) is 11.5 Å². The third-order valence-corrected chi connectivity index (χ3v) is 4.66. The fourth-order valence-corrected chi connectivity index (χ4v) is 3.40. The van der Waals surface area contributed by atoms with E-state index in [4.69, 9.17) is 9.47 Å². The van der Waals surface area contributed by atoms with Crippen LogP contribution in [0.4, 0.5) is 5.13 Å². The van der Waals surface area contributed by atoms with Gasteiger partial charge < -0.3 is 9.47 Å². The van der Waals surface area contributed by atoms with Gasteiger partial charge in [0.25, 0.3) is 0 Å². The van der Waals surface area contributed by atoms with Crippen molar-refractivity contribution in [2.75, 3.05) is 18.6 Å². The maximum absolute atomic E-state index is 5.65. The maximum Gasteiger partial charge on any atom is 0.204 e. The normalized spacial score (nSPS) is 10.9. The van der Waals surface area contributed by atoms with Crippen LogP contribution in [0.5, 0.6) is 11.5 Å². The van der Waals surface area contributed by atoms with Crippen molar-refractivity contribution in [3.8, 4) is 22.8 Å². The summed E-state index contributed by atoms with van der Waals surface area (Å²) in [5, 5.41) is 5.08. The molecule has 0 atom stereocenters. The molecule has 3 aromatic rings. The standard InChI is InChI=1S/C21H23N3O2S/c1-4-25-18-12-11-16(13-19(18)26-5-2)14-22-24-21-23-20(15(3)27-21)17-9-7-6-8-10-17/h6-14H,4-5H2,1-3H3,(H,23,24)/b22-14+. The van der Waals surface area contributed by atoms with Gasteiger partial charge in [0.1, 0.15) is 0 Å². The monoisotopic (exact) mass is 381 g/mol. The van der Waals surface area contributed by atoms with Crippen molar-refractivity contribution < 1.29 is 9.47 Å². The van der Waals surface area contributed by atoms with Crippen molar-refractivity contribution in [3.63, 3.8) is 0 Å². The van der Waals surface area contributed by atoms with Crippen molar-refractivity contribution in [1.29, 1.82) is 0 Å². The lowest BCUT2D eigenvalue weighted by molar-refractivity contribution is 0.288. The van der Waals surface area contributed by atoms with E-state index in [0.717, 1.165) is 38.3 Å². The van der Waals surface area contributed by atoms with Gasteiger partial charge >= 0.3 is 0 Å². The SMILES string of the molecule is CCOc1ccc(/C=N/Nc2nc(-c3ccccc3)c(C)s2)cc1OCC. The molecule has 140 valence electrons. The number of nitrogens with one attached hydrogen (secondary N) is 1. The van der Waals surface area contributed by atoms with Crippen LogP contribution >= 0.6 is 11.3 Å². The fourth-order valence-electron chi connectivity index (χ4n) is 2.62. The zero-order chi connectivity index (χ0) is 19.1. The molecule has 0 saturated heterocycles. The van der Waals surface area contributed by atoms with Crippen molar-refractivity contribution in [2.45, 2.75) is 20.8 Å². The van der Waals surface area contributed by atoms with Crippen molar-refractivity contribution in [3.05, 3.63) is 59.0 Å². The number of hydrogen-bond acceptors (Lipinski definition) is 6. The summed E-state index contributed by atoms with van der Waals surface area (Å²) in [6.45, 7) is 7.15. The van der Waals surface area contributed by atoms with Gasteiger partial charge in [-0.2, -0.15) is 5.10 Å². The lowest BCUT2D eigenvalue weighted by Gasteiger charge is -2.11. The molecule has 5 nitrogen and oxygen atoms in total. The first-order chi connectivity index (χ1) is 13.2.